The number of aromatic nitrogens is 4. The molecular weight excluding hydrogens is 374 g/mol. The quantitative estimate of drug-likeness (QED) is 0.688. The molecule has 4 rings (SSSR count). The number of nitrogens with one attached hydrogen (secondary N) is 1. The Hall–Kier alpha value is -2.93. The van der Waals surface area contributed by atoms with E-state index in [-0.39, 0.29) is 0 Å². The Morgan fingerprint density at radius 1 is 0.964 bits per heavy atom. The zero-order valence-corrected chi connectivity index (χ0v) is 16.3. The maximum Gasteiger partial charge on any atom is 0.244 e. The van der Waals surface area contributed by atoms with Gasteiger partial charge in [-0.2, -0.15) is 10.1 Å². The largest absolute Gasteiger partial charge is 0.353 e. The highest BCUT2D eigenvalue weighted by Crippen LogP contribution is 2.17. The molecule has 144 valence electrons. The van der Waals surface area contributed by atoms with Gasteiger partial charge in [0.2, 0.25) is 5.95 Å². The molecule has 1 aromatic carbocycles. The number of hydrogen-bond donors (Lipinski definition) is 1. The number of anilines is 3. The van der Waals surface area contributed by atoms with E-state index in [2.05, 4.69) is 41.3 Å². The summed E-state index contributed by atoms with van der Waals surface area (Å²) in [5, 5.41) is 12.2. The first kappa shape index (κ1) is 18.4. The second-order valence-electron chi connectivity index (χ2n) is 6.61. The summed E-state index contributed by atoms with van der Waals surface area (Å²) in [5.41, 5.74) is 1.18. The van der Waals surface area contributed by atoms with E-state index in [9.17, 15) is 0 Å². The summed E-state index contributed by atoms with van der Waals surface area (Å²) in [6.07, 6.45) is 4.40. The molecule has 0 unspecified atom stereocenters. The number of pyridine rings is 1. The van der Waals surface area contributed by atoms with Gasteiger partial charge in [0.15, 0.2) is 5.82 Å². The van der Waals surface area contributed by atoms with Crippen LogP contribution in [-0.2, 0) is 6.42 Å². The lowest BCUT2D eigenvalue weighted by Crippen LogP contribution is -2.47. The summed E-state index contributed by atoms with van der Waals surface area (Å²) in [7, 11) is 0. The van der Waals surface area contributed by atoms with Crippen molar-refractivity contribution in [2.45, 2.75) is 6.42 Å². The molecular formula is C20H22ClN7. The highest BCUT2D eigenvalue weighted by Gasteiger charge is 2.19. The first-order valence-electron chi connectivity index (χ1n) is 9.37. The molecule has 0 spiro atoms. The molecule has 1 N–H and O–H groups in total. The van der Waals surface area contributed by atoms with Gasteiger partial charge in [-0.15, -0.1) is 5.10 Å². The maximum atomic E-state index is 6.03. The SMILES string of the molecule is Clc1cccc(CCNc2nncc(N3CCN(c4ccccn4)CC3)n2)c1. The van der Waals surface area contributed by atoms with Crippen molar-refractivity contribution in [2.24, 2.45) is 0 Å². The van der Waals surface area contributed by atoms with Crippen LogP contribution in [0.4, 0.5) is 17.6 Å². The molecule has 0 bridgehead atoms. The van der Waals surface area contributed by atoms with Crippen molar-refractivity contribution in [3.05, 3.63) is 65.4 Å². The Morgan fingerprint density at radius 3 is 2.54 bits per heavy atom. The summed E-state index contributed by atoms with van der Waals surface area (Å²) < 4.78 is 0. The zero-order chi connectivity index (χ0) is 19.2. The van der Waals surface area contributed by atoms with Crippen LogP contribution >= 0.6 is 11.6 Å². The minimum Gasteiger partial charge on any atom is -0.353 e. The van der Waals surface area contributed by atoms with Crippen LogP contribution in [0.15, 0.2) is 54.9 Å². The van der Waals surface area contributed by atoms with E-state index in [1.165, 1.54) is 5.56 Å². The molecule has 0 saturated carbocycles. The smallest absolute Gasteiger partial charge is 0.244 e. The van der Waals surface area contributed by atoms with Gasteiger partial charge in [-0.25, -0.2) is 4.98 Å². The van der Waals surface area contributed by atoms with Crippen LogP contribution in [0.25, 0.3) is 0 Å². The Balaban J connectivity index is 1.31. The molecule has 28 heavy (non-hydrogen) atoms. The minimum atomic E-state index is 0.548. The van der Waals surface area contributed by atoms with Gasteiger partial charge < -0.3 is 15.1 Å². The van der Waals surface area contributed by atoms with Gasteiger partial charge in [-0.05, 0) is 36.2 Å². The molecule has 8 heteroatoms. The summed E-state index contributed by atoms with van der Waals surface area (Å²) in [4.78, 5) is 13.6. The van der Waals surface area contributed by atoms with E-state index in [0.717, 1.165) is 55.8 Å². The average molecular weight is 396 g/mol. The Morgan fingerprint density at radius 2 is 1.79 bits per heavy atom. The monoisotopic (exact) mass is 395 g/mol. The van der Waals surface area contributed by atoms with E-state index >= 15 is 0 Å². The van der Waals surface area contributed by atoms with E-state index in [4.69, 9.17) is 11.6 Å². The van der Waals surface area contributed by atoms with Crippen molar-refractivity contribution in [3.63, 3.8) is 0 Å². The standard InChI is InChI=1S/C20H22ClN7/c21-17-5-3-4-16(14-17)7-9-23-20-25-19(15-24-26-20)28-12-10-27(11-13-28)18-6-1-2-8-22-18/h1-6,8,14-15H,7,9-13H2,(H,23,25,26). The van der Waals surface area contributed by atoms with Crippen molar-refractivity contribution in [2.75, 3.05) is 47.8 Å². The van der Waals surface area contributed by atoms with Gasteiger partial charge in [0.25, 0.3) is 0 Å². The number of benzene rings is 1. The number of hydrogen-bond acceptors (Lipinski definition) is 7. The van der Waals surface area contributed by atoms with Gasteiger partial charge >= 0.3 is 0 Å². The summed E-state index contributed by atoms with van der Waals surface area (Å²) in [6.45, 7) is 4.27. The lowest BCUT2D eigenvalue weighted by atomic mass is 10.1. The van der Waals surface area contributed by atoms with E-state index in [0.29, 0.717) is 5.95 Å². The Kier molecular flexibility index (Phi) is 5.82. The van der Waals surface area contributed by atoms with Gasteiger partial charge in [0, 0.05) is 43.9 Å². The zero-order valence-electron chi connectivity index (χ0n) is 15.5. The first-order valence-corrected chi connectivity index (χ1v) is 9.75. The summed E-state index contributed by atoms with van der Waals surface area (Å²) in [6, 6.07) is 13.9. The van der Waals surface area contributed by atoms with Crippen LogP contribution in [0.5, 0.6) is 0 Å². The minimum absolute atomic E-state index is 0.548. The van der Waals surface area contributed by atoms with Gasteiger partial charge in [0.1, 0.15) is 5.82 Å². The number of halogens is 1. The molecule has 0 aliphatic carbocycles. The lowest BCUT2D eigenvalue weighted by molar-refractivity contribution is 0.639. The third-order valence-corrected chi connectivity index (χ3v) is 4.94. The molecule has 0 radical (unpaired) electrons. The lowest BCUT2D eigenvalue weighted by Gasteiger charge is -2.35. The van der Waals surface area contributed by atoms with E-state index < -0.39 is 0 Å². The first-order chi connectivity index (χ1) is 13.8. The fraction of sp³-hybridized carbons (Fsp3) is 0.300. The molecule has 1 fully saturated rings. The second kappa shape index (κ2) is 8.84. The second-order valence-corrected chi connectivity index (χ2v) is 7.04. The van der Waals surface area contributed by atoms with Crippen molar-refractivity contribution < 1.29 is 0 Å². The van der Waals surface area contributed by atoms with Crippen molar-refractivity contribution in [1.82, 2.24) is 20.2 Å². The predicted octanol–water partition coefficient (Wildman–Crippen LogP) is 2.90. The number of piperazine rings is 1. The van der Waals surface area contributed by atoms with Crippen molar-refractivity contribution in [3.8, 4) is 0 Å². The Labute approximate surface area is 169 Å². The molecule has 1 aliphatic heterocycles. The summed E-state index contributed by atoms with van der Waals surface area (Å²) in [5.74, 6) is 2.42. The van der Waals surface area contributed by atoms with Crippen LogP contribution in [0.1, 0.15) is 5.56 Å². The van der Waals surface area contributed by atoms with E-state index in [1.54, 1.807) is 6.20 Å². The highest BCUT2D eigenvalue weighted by molar-refractivity contribution is 6.30. The topological polar surface area (TPSA) is 70.1 Å². The molecule has 7 nitrogen and oxygen atoms in total. The fourth-order valence-corrected chi connectivity index (χ4v) is 3.45. The molecule has 3 aromatic rings. The molecule has 0 amide bonds. The molecule has 2 aromatic heterocycles. The number of nitrogens with zero attached hydrogens (tertiary/aromatic N) is 6. The van der Waals surface area contributed by atoms with Crippen LogP contribution in [0.3, 0.4) is 0 Å². The maximum absolute atomic E-state index is 6.03. The Bertz CT molecular complexity index is 898. The van der Waals surface area contributed by atoms with Crippen molar-refractivity contribution in [1.29, 1.82) is 0 Å². The van der Waals surface area contributed by atoms with Crippen LogP contribution < -0.4 is 15.1 Å². The van der Waals surface area contributed by atoms with Crippen LogP contribution in [0.2, 0.25) is 5.02 Å². The van der Waals surface area contributed by atoms with Crippen LogP contribution in [-0.4, -0.2) is 52.9 Å². The van der Waals surface area contributed by atoms with Gasteiger partial charge in [-0.1, -0.05) is 29.8 Å². The van der Waals surface area contributed by atoms with Crippen molar-refractivity contribution >= 4 is 29.2 Å². The third kappa shape index (κ3) is 4.67. The normalized spacial score (nSPS) is 14.2. The molecule has 3 heterocycles. The average Bonchev–Trinajstić information content (AvgIpc) is 2.75. The fourth-order valence-electron chi connectivity index (χ4n) is 3.24. The third-order valence-electron chi connectivity index (χ3n) is 4.71. The molecule has 0 atom stereocenters. The number of rotatable bonds is 6. The molecule has 1 saturated heterocycles. The van der Waals surface area contributed by atoms with E-state index in [1.807, 2.05) is 42.6 Å². The predicted molar refractivity (Wildman–Crippen MR) is 112 cm³/mol. The molecule has 1 aliphatic rings. The van der Waals surface area contributed by atoms with Gasteiger partial charge in [0.05, 0.1) is 6.20 Å². The summed E-state index contributed by atoms with van der Waals surface area (Å²) >= 11 is 6.03. The van der Waals surface area contributed by atoms with Gasteiger partial charge in [-0.3, -0.25) is 0 Å². The highest BCUT2D eigenvalue weighted by atomic mass is 35.5. The van der Waals surface area contributed by atoms with Crippen LogP contribution in [0, 0.1) is 0 Å².